The number of ether oxygens (including phenoxy) is 2. The van der Waals surface area contributed by atoms with E-state index < -0.39 is 0 Å². The van der Waals surface area contributed by atoms with Gasteiger partial charge in [-0.1, -0.05) is 18.2 Å². The highest BCUT2D eigenvalue weighted by Gasteiger charge is 2.26. The summed E-state index contributed by atoms with van der Waals surface area (Å²) < 4.78 is 10.4. The van der Waals surface area contributed by atoms with Crippen molar-refractivity contribution >= 4 is 5.97 Å². The third kappa shape index (κ3) is 3.59. The van der Waals surface area contributed by atoms with Crippen LogP contribution in [0.5, 0.6) is 5.75 Å². The lowest BCUT2D eigenvalue weighted by atomic mass is 9.97. The normalized spacial score (nSPS) is 22.7. The summed E-state index contributed by atoms with van der Waals surface area (Å²) in [5.74, 6) is 0.860. The fourth-order valence-corrected chi connectivity index (χ4v) is 3.30. The molecule has 1 unspecified atom stereocenters. The largest absolute Gasteiger partial charge is 0.493 e. The molecule has 2 heterocycles. The minimum atomic E-state index is -0.148. The van der Waals surface area contributed by atoms with Crippen LogP contribution in [0.1, 0.15) is 30.9 Å². The maximum absolute atomic E-state index is 11.3. The van der Waals surface area contributed by atoms with Crippen LogP contribution in [0, 0.1) is 0 Å². The number of nitrogens with zero attached hydrogens (tertiary/aromatic N) is 1. The number of carbonyl (C=O) groups is 1. The van der Waals surface area contributed by atoms with Crippen molar-refractivity contribution < 1.29 is 14.3 Å². The van der Waals surface area contributed by atoms with Gasteiger partial charge in [-0.05, 0) is 18.9 Å². The number of methoxy groups -OCH3 is 1. The zero-order valence-corrected chi connectivity index (χ0v) is 13.1. The van der Waals surface area contributed by atoms with Gasteiger partial charge in [0.15, 0.2) is 0 Å². The van der Waals surface area contributed by atoms with Crippen molar-refractivity contribution in [2.75, 3.05) is 33.4 Å². The van der Waals surface area contributed by atoms with Crippen LogP contribution in [0.15, 0.2) is 24.3 Å². The van der Waals surface area contributed by atoms with E-state index in [2.05, 4.69) is 22.3 Å². The third-order valence-corrected chi connectivity index (χ3v) is 4.56. The van der Waals surface area contributed by atoms with Crippen molar-refractivity contribution in [3.63, 3.8) is 0 Å². The van der Waals surface area contributed by atoms with Crippen molar-refractivity contribution in [1.29, 1.82) is 0 Å². The number of esters is 1. The van der Waals surface area contributed by atoms with Crippen molar-refractivity contribution in [2.45, 2.75) is 31.3 Å². The van der Waals surface area contributed by atoms with Crippen LogP contribution in [0.4, 0.5) is 0 Å². The molecule has 2 aliphatic heterocycles. The number of likely N-dealkylation sites (tertiary alicyclic amines) is 1. The van der Waals surface area contributed by atoms with Crippen LogP contribution in [-0.2, 0) is 9.53 Å². The standard InChI is InChI=1S/C17H24N2O3/c1-21-17(20)12-19-9-6-13(7-10-19)18-15-8-11-22-16-5-3-2-4-14(15)16/h2-5,13,15,18H,6-12H2,1H3. The molecule has 1 atom stereocenters. The number of piperidine rings is 1. The lowest BCUT2D eigenvalue weighted by Crippen LogP contribution is -2.45. The first-order valence-electron chi connectivity index (χ1n) is 8.03. The van der Waals surface area contributed by atoms with Crippen molar-refractivity contribution in [3.05, 3.63) is 29.8 Å². The predicted octanol–water partition coefficient (Wildman–Crippen LogP) is 1.74. The van der Waals surface area contributed by atoms with Gasteiger partial charge < -0.3 is 14.8 Å². The second-order valence-corrected chi connectivity index (χ2v) is 6.02. The number of hydrogen-bond acceptors (Lipinski definition) is 5. The lowest BCUT2D eigenvalue weighted by molar-refractivity contribution is -0.142. The fourth-order valence-electron chi connectivity index (χ4n) is 3.30. The quantitative estimate of drug-likeness (QED) is 0.859. The molecule has 0 bridgehead atoms. The summed E-state index contributed by atoms with van der Waals surface area (Å²) >= 11 is 0. The molecule has 120 valence electrons. The van der Waals surface area contributed by atoms with Crippen LogP contribution in [0.2, 0.25) is 0 Å². The summed E-state index contributed by atoms with van der Waals surface area (Å²) in [6.07, 6.45) is 3.15. The fraction of sp³-hybridized carbons (Fsp3) is 0.588. The number of nitrogens with one attached hydrogen (secondary N) is 1. The number of rotatable bonds is 4. The average Bonchev–Trinajstić information content (AvgIpc) is 2.57. The van der Waals surface area contributed by atoms with Gasteiger partial charge in [0.1, 0.15) is 5.75 Å². The molecule has 5 heteroatoms. The molecule has 1 saturated heterocycles. The van der Waals surface area contributed by atoms with E-state index in [0.29, 0.717) is 18.6 Å². The van der Waals surface area contributed by atoms with Crippen LogP contribution in [0.25, 0.3) is 0 Å². The minimum absolute atomic E-state index is 0.148. The highest BCUT2D eigenvalue weighted by molar-refractivity contribution is 5.71. The van der Waals surface area contributed by atoms with Crippen LogP contribution >= 0.6 is 0 Å². The summed E-state index contributed by atoms with van der Waals surface area (Å²) in [5, 5.41) is 3.78. The monoisotopic (exact) mass is 304 g/mol. The molecule has 1 aromatic rings. The van der Waals surface area contributed by atoms with Crippen molar-refractivity contribution in [1.82, 2.24) is 10.2 Å². The van der Waals surface area contributed by atoms with Gasteiger partial charge in [0.25, 0.3) is 0 Å². The number of para-hydroxylation sites is 1. The molecule has 5 nitrogen and oxygen atoms in total. The van der Waals surface area contributed by atoms with E-state index in [1.807, 2.05) is 12.1 Å². The highest BCUT2D eigenvalue weighted by Crippen LogP contribution is 2.32. The first kappa shape index (κ1) is 15.3. The smallest absolute Gasteiger partial charge is 0.319 e. The average molecular weight is 304 g/mol. The molecule has 22 heavy (non-hydrogen) atoms. The van der Waals surface area contributed by atoms with Crippen molar-refractivity contribution in [2.24, 2.45) is 0 Å². The second kappa shape index (κ2) is 7.11. The van der Waals surface area contributed by atoms with Crippen molar-refractivity contribution in [3.8, 4) is 5.75 Å². The van der Waals surface area contributed by atoms with Gasteiger partial charge in [0.2, 0.25) is 0 Å². The summed E-state index contributed by atoms with van der Waals surface area (Å²) in [7, 11) is 1.44. The van der Waals surface area contributed by atoms with E-state index in [-0.39, 0.29) is 5.97 Å². The summed E-state index contributed by atoms with van der Waals surface area (Å²) in [5.41, 5.74) is 1.27. The van der Waals surface area contributed by atoms with Crippen LogP contribution in [-0.4, -0.2) is 50.3 Å². The molecule has 0 saturated carbocycles. The van der Waals surface area contributed by atoms with E-state index in [4.69, 9.17) is 9.47 Å². The molecular formula is C17H24N2O3. The van der Waals surface area contributed by atoms with Gasteiger partial charge in [0, 0.05) is 37.2 Å². The second-order valence-electron chi connectivity index (χ2n) is 6.02. The Kier molecular flexibility index (Phi) is 4.95. The van der Waals surface area contributed by atoms with Gasteiger partial charge in [-0.3, -0.25) is 9.69 Å². The first-order chi connectivity index (χ1) is 10.8. The Morgan fingerprint density at radius 3 is 2.86 bits per heavy atom. The van der Waals surface area contributed by atoms with E-state index >= 15 is 0 Å². The van der Waals surface area contributed by atoms with Gasteiger partial charge >= 0.3 is 5.97 Å². The molecule has 0 spiro atoms. The lowest BCUT2D eigenvalue weighted by Gasteiger charge is -2.35. The molecule has 2 aliphatic rings. The Hall–Kier alpha value is -1.59. The summed E-state index contributed by atoms with van der Waals surface area (Å²) in [4.78, 5) is 13.5. The molecule has 1 N–H and O–H groups in total. The van der Waals surface area contributed by atoms with Gasteiger partial charge in [-0.25, -0.2) is 0 Å². The molecule has 0 amide bonds. The Morgan fingerprint density at radius 2 is 2.09 bits per heavy atom. The molecular weight excluding hydrogens is 280 g/mol. The Labute approximate surface area is 131 Å². The Bertz CT molecular complexity index is 512. The summed E-state index contributed by atoms with van der Waals surface area (Å²) in [6, 6.07) is 9.17. The molecule has 1 fully saturated rings. The molecule has 1 aromatic carbocycles. The molecule has 0 aromatic heterocycles. The highest BCUT2D eigenvalue weighted by atomic mass is 16.5. The third-order valence-electron chi connectivity index (χ3n) is 4.56. The number of fused-ring (bicyclic) bond motifs is 1. The van der Waals surface area contributed by atoms with Gasteiger partial charge in [0.05, 0.1) is 20.3 Å². The van der Waals surface area contributed by atoms with E-state index in [1.54, 1.807) is 0 Å². The molecule has 0 aliphatic carbocycles. The van der Waals surface area contributed by atoms with E-state index in [0.717, 1.165) is 44.7 Å². The van der Waals surface area contributed by atoms with Crippen LogP contribution < -0.4 is 10.1 Å². The molecule has 3 rings (SSSR count). The topological polar surface area (TPSA) is 50.8 Å². The summed E-state index contributed by atoms with van der Waals surface area (Å²) in [6.45, 7) is 3.06. The maximum atomic E-state index is 11.3. The Morgan fingerprint density at radius 1 is 1.32 bits per heavy atom. The zero-order valence-electron chi connectivity index (χ0n) is 13.1. The van der Waals surface area contributed by atoms with E-state index in [1.165, 1.54) is 12.7 Å². The number of carbonyl (C=O) groups excluding carboxylic acids is 1. The SMILES string of the molecule is COC(=O)CN1CCC(NC2CCOc3ccccc32)CC1. The Balaban J connectivity index is 1.52. The maximum Gasteiger partial charge on any atom is 0.319 e. The zero-order chi connectivity index (χ0) is 15.4. The molecule has 0 radical (unpaired) electrons. The van der Waals surface area contributed by atoms with E-state index in [9.17, 15) is 4.79 Å². The van der Waals surface area contributed by atoms with Gasteiger partial charge in [-0.2, -0.15) is 0 Å². The number of benzene rings is 1. The first-order valence-corrected chi connectivity index (χ1v) is 8.03. The van der Waals surface area contributed by atoms with Gasteiger partial charge in [-0.15, -0.1) is 0 Å². The van der Waals surface area contributed by atoms with Crippen LogP contribution in [0.3, 0.4) is 0 Å². The number of hydrogen-bond donors (Lipinski definition) is 1. The predicted molar refractivity (Wildman–Crippen MR) is 83.9 cm³/mol. The minimum Gasteiger partial charge on any atom is -0.493 e.